The normalized spacial score (nSPS) is 15.0. The summed E-state index contributed by atoms with van der Waals surface area (Å²) in [6.45, 7) is 3.19. The predicted octanol–water partition coefficient (Wildman–Crippen LogP) is 2.25. The van der Waals surface area contributed by atoms with Crippen molar-refractivity contribution in [2.75, 3.05) is 12.3 Å². The first kappa shape index (κ1) is 13.9. The van der Waals surface area contributed by atoms with E-state index in [2.05, 4.69) is 9.98 Å². The molecule has 1 N–H and O–H groups in total. The highest BCUT2D eigenvalue weighted by atomic mass is 32.2. The molecular weight excluding hydrogens is 286 g/mol. The SMILES string of the molecule is CCn1c(=O)c(/C=N/C2=NCCS2)c(O)c2ccccc21. The lowest BCUT2D eigenvalue weighted by Gasteiger charge is -2.11. The van der Waals surface area contributed by atoms with Crippen LogP contribution in [0.2, 0.25) is 0 Å². The number of amidine groups is 1. The molecule has 1 aliphatic heterocycles. The summed E-state index contributed by atoms with van der Waals surface area (Å²) in [5, 5.41) is 11.7. The highest BCUT2D eigenvalue weighted by Crippen LogP contribution is 2.25. The van der Waals surface area contributed by atoms with Gasteiger partial charge in [0.2, 0.25) is 0 Å². The topological polar surface area (TPSA) is 67.0 Å². The summed E-state index contributed by atoms with van der Waals surface area (Å²) in [6, 6.07) is 7.32. The molecule has 1 aromatic heterocycles. The van der Waals surface area contributed by atoms with Crippen LogP contribution >= 0.6 is 11.8 Å². The summed E-state index contributed by atoms with van der Waals surface area (Å²) in [5.41, 5.74) is 0.707. The number of hydrogen-bond acceptors (Lipinski definition) is 5. The van der Waals surface area contributed by atoms with Crippen molar-refractivity contribution in [3.05, 3.63) is 40.2 Å². The summed E-state index contributed by atoms with van der Waals surface area (Å²) in [4.78, 5) is 20.9. The smallest absolute Gasteiger partial charge is 0.263 e. The summed E-state index contributed by atoms with van der Waals surface area (Å²) in [7, 11) is 0. The first-order chi connectivity index (χ1) is 10.2. The van der Waals surface area contributed by atoms with Gasteiger partial charge in [-0.25, -0.2) is 4.99 Å². The third-order valence-corrected chi connectivity index (χ3v) is 4.25. The quantitative estimate of drug-likeness (QED) is 0.865. The Morgan fingerprint density at radius 2 is 2.29 bits per heavy atom. The zero-order valence-corrected chi connectivity index (χ0v) is 12.4. The molecule has 0 unspecified atom stereocenters. The molecule has 21 heavy (non-hydrogen) atoms. The molecule has 0 spiro atoms. The maximum Gasteiger partial charge on any atom is 0.263 e. The van der Waals surface area contributed by atoms with Gasteiger partial charge in [-0.15, -0.1) is 0 Å². The molecule has 0 saturated carbocycles. The van der Waals surface area contributed by atoms with E-state index in [0.717, 1.165) is 17.8 Å². The first-order valence-corrected chi connectivity index (χ1v) is 7.76. The minimum absolute atomic E-state index is 0.0207. The molecule has 2 aromatic rings. The Morgan fingerprint density at radius 1 is 1.48 bits per heavy atom. The lowest BCUT2D eigenvalue weighted by Crippen LogP contribution is -2.23. The fraction of sp³-hybridized carbons (Fsp3) is 0.267. The molecule has 0 fully saturated rings. The van der Waals surface area contributed by atoms with Crippen molar-refractivity contribution in [1.82, 2.24) is 4.57 Å². The van der Waals surface area contributed by atoms with Crippen LogP contribution in [0.3, 0.4) is 0 Å². The standard InChI is InChI=1S/C15H15N3O2S/c1-2-18-12-6-4-3-5-10(12)13(19)11(14(18)20)9-17-15-16-7-8-21-15/h3-6,9,19H,2,7-8H2,1H3/b17-9+. The van der Waals surface area contributed by atoms with Crippen LogP contribution in [0.25, 0.3) is 10.9 Å². The van der Waals surface area contributed by atoms with Crippen LogP contribution in [-0.2, 0) is 6.54 Å². The second-order valence-corrected chi connectivity index (χ2v) is 5.66. The highest BCUT2D eigenvalue weighted by molar-refractivity contribution is 8.14. The predicted molar refractivity (Wildman–Crippen MR) is 87.9 cm³/mol. The second-order valence-electron chi connectivity index (χ2n) is 4.60. The molecule has 0 amide bonds. The number of thioether (sulfide) groups is 1. The van der Waals surface area contributed by atoms with Crippen molar-refractivity contribution >= 4 is 34.0 Å². The summed E-state index contributed by atoms with van der Waals surface area (Å²) in [5.74, 6) is 0.892. The number of aromatic nitrogens is 1. The van der Waals surface area contributed by atoms with Gasteiger partial charge >= 0.3 is 0 Å². The van der Waals surface area contributed by atoms with Gasteiger partial charge in [-0.1, -0.05) is 23.9 Å². The Labute approximate surface area is 126 Å². The molecule has 0 bridgehead atoms. The van der Waals surface area contributed by atoms with Crippen LogP contribution in [-0.4, -0.2) is 33.4 Å². The molecule has 0 saturated heterocycles. The summed E-state index contributed by atoms with van der Waals surface area (Å²) < 4.78 is 1.64. The lowest BCUT2D eigenvalue weighted by atomic mass is 10.1. The minimum Gasteiger partial charge on any atom is -0.506 e. The van der Waals surface area contributed by atoms with Gasteiger partial charge in [0.05, 0.1) is 12.1 Å². The second kappa shape index (κ2) is 5.73. The first-order valence-electron chi connectivity index (χ1n) is 6.78. The van der Waals surface area contributed by atoms with E-state index in [9.17, 15) is 9.90 Å². The average molecular weight is 301 g/mol. The molecule has 5 nitrogen and oxygen atoms in total. The maximum absolute atomic E-state index is 12.5. The van der Waals surface area contributed by atoms with E-state index in [1.54, 1.807) is 22.4 Å². The van der Waals surface area contributed by atoms with Gasteiger partial charge in [-0.05, 0) is 19.1 Å². The third-order valence-electron chi connectivity index (χ3n) is 3.37. The third kappa shape index (κ3) is 2.47. The highest BCUT2D eigenvalue weighted by Gasteiger charge is 2.14. The molecule has 0 radical (unpaired) electrons. The van der Waals surface area contributed by atoms with E-state index in [-0.39, 0.29) is 16.9 Å². The zero-order valence-electron chi connectivity index (χ0n) is 11.6. The number of aryl methyl sites for hydroxylation is 1. The molecule has 108 valence electrons. The van der Waals surface area contributed by atoms with Gasteiger partial charge in [0, 0.05) is 23.9 Å². The number of benzene rings is 1. The van der Waals surface area contributed by atoms with Crippen molar-refractivity contribution in [3.63, 3.8) is 0 Å². The van der Waals surface area contributed by atoms with Crippen LogP contribution in [0, 0.1) is 0 Å². The Kier molecular flexibility index (Phi) is 3.79. The minimum atomic E-state index is -0.235. The van der Waals surface area contributed by atoms with E-state index < -0.39 is 0 Å². The van der Waals surface area contributed by atoms with Crippen molar-refractivity contribution in [2.45, 2.75) is 13.5 Å². The molecule has 1 aromatic carbocycles. The number of nitrogens with zero attached hydrogens (tertiary/aromatic N) is 3. The monoisotopic (exact) mass is 301 g/mol. The number of aliphatic imine (C=N–C) groups is 2. The Balaban J connectivity index is 2.20. The number of hydrogen-bond donors (Lipinski definition) is 1. The van der Waals surface area contributed by atoms with Crippen LogP contribution in [0.4, 0.5) is 0 Å². The van der Waals surface area contributed by atoms with Crippen LogP contribution in [0.1, 0.15) is 12.5 Å². The molecule has 0 aliphatic carbocycles. The molecule has 0 atom stereocenters. The van der Waals surface area contributed by atoms with Crippen molar-refractivity contribution in [1.29, 1.82) is 0 Å². The van der Waals surface area contributed by atoms with Crippen LogP contribution in [0.15, 0.2) is 39.0 Å². The largest absolute Gasteiger partial charge is 0.506 e. The van der Waals surface area contributed by atoms with Gasteiger partial charge in [0.15, 0.2) is 5.17 Å². The average Bonchev–Trinajstić information content (AvgIpc) is 3.01. The van der Waals surface area contributed by atoms with Crippen molar-refractivity contribution < 1.29 is 5.11 Å². The lowest BCUT2D eigenvalue weighted by molar-refractivity contribution is 0.478. The van der Waals surface area contributed by atoms with Gasteiger partial charge < -0.3 is 9.67 Å². The Morgan fingerprint density at radius 3 is 3.00 bits per heavy atom. The molecule has 1 aliphatic rings. The van der Waals surface area contributed by atoms with E-state index in [1.807, 2.05) is 25.1 Å². The number of para-hydroxylation sites is 1. The van der Waals surface area contributed by atoms with Gasteiger partial charge in [0.25, 0.3) is 5.56 Å². The molecular formula is C15H15N3O2S. The fourth-order valence-electron chi connectivity index (χ4n) is 2.36. The van der Waals surface area contributed by atoms with Crippen LogP contribution in [0.5, 0.6) is 5.75 Å². The fourth-order valence-corrected chi connectivity index (χ4v) is 3.04. The molecule has 2 heterocycles. The molecule has 3 rings (SSSR count). The number of fused-ring (bicyclic) bond motifs is 1. The van der Waals surface area contributed by atoms with E-state index in [1.165, 1.54) is 6.21 Å². The van der Waals surface area contributed by atoms with Crippen LogP contribution < -0.4 is 5.56 Å². The number of aromatic hydroxyl groups is 1. The van der Waals surface area contributed by atoms with Gasteiger partial charge in [-0.2, -0.15) is 0 Å². The Hall–Kier alpha value is -2.08. The van der Waals surface area contributed by atoms with Crippen molar-refractivity contribution in [2.24, 2.45) is 9.98 Å². The number of pyridine rings is 1. The van der Waals surface area contributed by atoms with E-state index in [0.29, 0.717) is 17.1 Å². The molecule has 6 heteroatoms. The van der Waals surface area contributed by atoms with Crippen molar-refractivity contribution in [3.8, 4) is 5.75 Å². The van der Waals surface area contributed by atoms with E-state index >= 15 is 0 Å². The zero-order chi connectivity index (χ0) is 14.8. The van der Waals surface area contributed by atoms with E-state index in [4.69, 9.17) is 0 Å². The van der Waals surface area contributed by atoms with Gasteiger partial charge in [-0.3, -0.25) is 9.79 Å². The summed E-state index contributed by atoms with van der Waals surface area (Å²) in [6.07, 6.45) is 1.42. The van der Waals surface area contributed by atoms with Gasteiger partial charge in [0.1, 0.15) is 11.3 Å². The maximum atomic E-state index is 12.5. The Bertz CT molecular complexity index is 808. The summed E-state index contributed by atoms with van der Waals surface area (Å²) >= 11 is 1.55. The number of rotatable bonds is 2.